The summed E-state index contributed by atoms with van der Waals surface area (Å²) < 4.78 is 0. The highest BCUT2D eigenvalue weighted by molar-refractivity contribution is 5.97. The molecule has 2 aliphatic rings. The van der Waals surface area contributed by atoms with Crippen molar-refractivity contribution in [2.75, 3.05) is 26.2 Å². The molecule has 1 saturated heterocycles. The molecule has 2 aromatic rings. The highest BCUT2D eigenvalue weighted by Crippen LogP contribution is 2.31. The summed E-state index contributed by atoms with van der Waals surface area (Å²) in [5.74, 6) is 1.81. The van der Waals surface area contributed by atoms with Gasteiger partial charge < -0.3 is 14.8 Å². The Morgan fingerprint density at radius 1 is 1.12 bits per heavy atom. The predicted octanol–water partition coefficient (Wildman–Crippen LogP) is 2.38. The number of aromatic amines is 1. The molecule has 2 amide bonds. The van der Waals surface area contributed by atoms with Gasteiger partial charge in [-0.05, 0) is 31.0 Å². The van der Waals surface area contributed by atoms with E-state index in [-0.39, 0.29) is 17.7 Å². The average molecular weight is 340 g/mol. The van der Waals surface area contributed by atoms with Gasteiger partial charge in [-0.15, -0.1) is 0 Å². The average Bonchev–Trinajstić information content (AvgIpc) is 3.38. The molecule has 0 spiro atoms. The fourth-order valence-corrected chi connectivity index (χ4v) is 3.34. The van der Waals surface area contributed by atoms with E-state index in [1.165, 1.54) is 0 Å². The van der Waals surface area contributed by atoms with Crippen LogP contribution >= 0.6 is 0 Å². The van der Waals surface area contributed by atoms with Gasteiger partial charge in [-0.25, -0.2) is 4.98 Å². The zero-order valence-electron chi connectivity index (χ0n) is 14.8. The van der Waals surface area contributed by atoms with Crippen LogP contribution in [-0.4, -0.2) is 57.8 Å². The minimum atomic E-state index is 0.0288. The fourth-order valence-electron chi connectivity index (χ4n) is 3.34. The molecular weight excluding hydrogens is 316 g/mol. The van der Waals surface area contributed by atoms with Gasteiger partial charge >= 0.3 is 0 Å². The largest absolute Gasteiger partial charge is 0.342 e. The molecule has 6 nitrogen and oxygen atoms in total. The molecule has 1 aromatic heterocycles. The summed E-state index contributed by atoms with van der Waals surface area (Å²) in [4.78, 5) is 36.5. The maximum Gasteiger partial charge on any atom is 0.254 e. The molecule has 0 atom stereocenters. The number of hydrogen-bond donors (Lipinski definition) is 1. The van der Waals surface area contributed by atoms with Crippen molar-refractivity contribution >= 4 is 22.8 Å². The maximum atomic E-state index is 12.8. The zero-order valence-corrected chi connectivity index (χ0v) is 14.8. The Bertz CT molecular complexity index is 814. The molecule has 0 unspecified atom stereocenters. The number of H-pyrrole nitrogens is 1. The first kappa shape index (κ1) is 16.1. The van der Waals surface area contributed by atoms with E-state index in [1.54, 1.807) is 0 Å². The summed E-state index contributed by atoms with van der Waals surface area (Å²) in [6.07, 6.45) is 2.06. The number of imidazole rings is 1. The van der Waals surface area contributed by atoms with Crippen molar-refractivity contribution in [3.63, 3.8) is 0 Å². The third kappa shape index (κ3) is 3.13. The molecule has 1 aromatic carbocycles. The lowest BCUT2D eigenvalue weighted by Gasteiger charge is -2.35. The lowest BCUT2D eigenvalue weighted by molar-refractivity contribution is -0.134. The number of aromatic nitrogens is 2. The summed E-state index contributed by atoms with van der Waals surface area (Å²) in [7, 11) is 0. The molecule has 2 fully saturated rings. The first-order chi connectivity index (χ1) is 12.0. The Hall–Kier alpha value is -2.37. The summed E-state index contributed by atoms with van der Waals surface area (Å²) in [6.45, 7) is 6.68. The van der Waals surface area contributed by atoms with E-state index in [2.05, 4.69) is 23.8 Å². The van der Waals surface area contributed by atoms with Crippen LogP contribution in [0.2, 0.25) is 0 Å². The van der Waals surface area contributed by atoms with Crippen LogP contribution in [0.5, 0.6) is 0 Å². The number of carbonyl (C=O) groups excluding carboxylic acids is 2. The molecule has 1 N–H and O–H groups in total. The minimum absolute atomic E-state index is 0.0288. The number of nitrogens with one attached hydrogen (secondary N) is 1. The van der Waals surface area contributed by atoms with E-state index in [1.807, 2.05) is 28.0 Å². The van der Waals surface area contributed by atoms with Crippen molar-refractivity contribution in [1.82, 2.24) is 19.8 Å². The summed E-state index contributed by atoms with van der Waals surface area (Å²) in [6, 6.07) is 5.63. The minimum Gasteiger partial charge on any atom is -0.342 e. The number of rotatable bonds is 3. The number of benzene rings is 1. The lowest BCUT2D eigenvalue weighted by Crippen LogP contribution is -2.51. The summed E-state index contributed by atoms with van der Waals surface area (Å²) in [5.41, 5.74) is 2.46. The van der Waals surface area contributed by atoms with Crippen molar-refractivity contribution in [1.29, 1.82) is 0 Å². The van der Waals surface area contributed by atoms with Crippen LogP contribution in [0.25, 0.3) is 11.0 Å². The molecular formula is C19H24N4O2. The molecule has 132 valence electrons. The van der Waals surface area contributed by atoms with Crippen LogP contribution in [0.4, 0.5) is 0 Å². The second kappa shape index (κ2) is 6.17. The van der Waals surface area contributed by atoms with Crippen LogP contribution in [0.3, 0.4) is 0 Å². The maximum absolute atomic E-state index is 12.8. The predicted molar refractivity (Wildman–Crippen MR) is 95.4 cm³/mol. The zero-order chi connectivity index (χ0) is 17.6. The second-order valence-corrected chi connectivity index (χ2v) is 7.40. The highest BCUT2D eigenvalue weighted by Gasteiger charge is 2.35. The van der Waals surface area contributed by atoms with Crippen molar-refractivity contribution in [2.45, 2.75) is 32.6 Å². The van der Waals surface area contributed by atoms with Crippen molar-refractivity contribution in [2.24, 2.45) is 5.92 Å². The molecule has 6 heteroatoms. The number of piperazine rings is 1. The molecule has 2 heterocycles. The normalized spacial score (nSPS) is 18.2. The quantitative estimate of drug-likeness (QED) is 0.933. The lowest BCUT2D eigenvalue weighted by atomic mass is 10.1. The van der Waals surface area contributed by atoms with E-state index in [0.717, 1.165) is 29.7 Å². The van der Waals surface area contributed by atoms with E-state index in [9.17, 15) is 9.59 Å². The van der Waals surface area contributed by atoms with Gasteiger partial charge in [0.15, 0.2) is 0 Å². The van der Waals surface area contributed by atoms with Gasteiger partial charge in [-0.1, -0.05) is 13.8 Å². The molecule has 25 heavy (non-hydrogen) atoms. The summed E-state index contributed by atoms with van der Waals surface area (Å²) in [5, 5.41) is 0. The number of amides is 2. The van der Waals surface area contributed by atoms with Gasteiger partial charge in [-0.3, -0.25) is 9.59 Å². The first-order valence-corrected chi connectivity index (χ1v) is 9.10. The van der Waals surface area contributed by atoms with Gasteiger partial charge in [-0.2, -0.15) is 0 Å². The number of hydrogen-bond acceptors (Lipinski definition) is 3. The molecule has 0 radical (unpaired) electrons. The van der Waals surface area contributed by atoms with Crippen molar-refractivity contribution in [3.05, 3.63) is 29.6 Å². The van der Waals surface area contributed by atoms with Crippen LogP contribution in [-0.2, 0) is 4.79 Å². The van der Waals surface area contributed by atoms with Crippen LogP contribution < -0.4 is 0 Å². The van der Waals surface area contributed by atoms with E-state index in [0.29, 0.717) is 37.7 Å². The van der Waals surface area contributed by atoms with Crippen molar-refractivity contribution < 1.29 is 9.59 Å². The smallest absolute Gasteiger partial charge is 0.254 e. The Morgan fingerprint density at radius 3 is 2.44 bits per heavy atom. The third-order valence-corrected chi connectivity index (χ3v) is 5.10. The molecule has 1 aliphatic heterocycles. The van der Waals surface area contributed by atoms with Crippen LogP contribution in [0, 0.1) is 5.92 Å². The van der Waals surface area contributed by atoms with E-state index in [4.69, 9.17) is 0 Å². The number of fused-ring (bicyclic) bond motifs is 1. The topological polar surface area (TPSA) is 69.3 Å². The van der Waals surface area contributed by atoms with Crippen molar-refractivity contribution in [3.8, 4) is 0 Å². The molecule has 0 bridgehead atoms. The number of nitrogens with zero attached hydrogens (tertiary/aromatic N) is 3. The Kier molecular flexibility index (Phi) is 3.98. The summed E-state index contributed by atoms with van der Waals surface area (Å²) >= 11 is 0. The monoisotopic (exact) mass is 340 g/mol. The van der Waals surface area contributed by atoms with Gasteiger partial charge in [0.1, 0.15) is 5.82 Å². The molecule has 1 aliphatic carbocycles. The first-order valence-electron chi connectivity index (χ1n) is 9.10. The fraction of sp³-hybridized carbons (Fsp3) is 0.526. The third-order valence-electron chi connectivity index (χ3n) is 5.10. The molecule has 4 rings (SSSR count). The van der Waals surface area contributed by atoms with Crippen LogP contribution in [0.15, 0.2) is 18.2 Å². The molecule has 1 saturated carbocycles. The Morgan fingerprint density at radius 2 is 1.80 bits per heavy atom. The number of carbonyl (C=O) groups is 2. The van der Waals surface area contributed by atoms with E-state index < -0.39 is 0 Å². The Labute approximate surface area is 147 Å². The van der Waals surface area contributed by atoms with Crippen LogP contribution in [0.1, 0.15) is 48.8 Å². The standard InChI is InChI=1S/C19H24N4O2/c1-12(2)17-20-15-6-5-14(11-16(15)21-17)19(25)23-9-7-22(8-10-23)18(24)13-3-4-13/h5-6,11-13H,3-4,7-10H2,1-2H3,(H,20,21). The van der Waals surface area contributed by atoms with Gasteiger partial charge in [0.05, 0.1) is 11.0 Å². The van der Waals surface area contributed by atoms with Gasteiger partial charge in [0.25, 0.3) is 5.91 Å². The SMILES string of the molecule is CC(C)c1nc2ccc(C(=O)N3CCN(C(=O)C4CC4)CC3)cc2[nH]1. The van der Waals surface area contributed by atoms with Gasteiger partial charge in [0.2, 0.25) is 5.91 Å². The Balaban J connectivity index is 1.45. The van der Waals surface area contributed by atoms with E-state index >= 15 is 0 Å². The highest BCUT2D eigenvalue weighted by atomic mass is 16.2. The second-order valence-electron chi connectivity index (χ2n) is 7.40. The van der Waals surface area contributed by atoms with Gasteiger partial charge in [0, 0.05) is 43.6 Å².